The van der Waals surface area contributed by atoms with Crippen molar-refractivity contribution in [1.82, 2.24) is 9.97 Å². The Kier molecular flexibility index (Phi) is 3.02. The highest BCUT2D eigenvalue weighted by Crippen LogP contribution is 2.36. The molecule has 0 aromatic carbocycles. The van der Waals surface area contributed by atoms with Crippen LogP contribution in [-0.4, -0.2) is 55.8 Å². The van der Waals surface area contributed by atoms with Crippen LogP contribution in [0.4, 0.5) is 5.82 Å². The first kappa shape index (κ1) is 13.4. The molecule has 20 heavy (non-hydrogen) atoms. The van der Waals surface area contributed by atoms with Gasteiger partial charge in [-0.1, -0.05) is 6.08 Å². The summed E-state index contributed by atoms with van der Waals surface area (Å²) in [6, 6.07) is 0. The number of aliphatic hydroxyl groups excluding tert-OH is 2. The van der Waals surface area contributed by atoms with Gasteiger partial charge in [0.1, 0.15) is 36.1 Å². The van der Waals surface area contributed by atoms with Gasteiger partial charge in [0.2, 0.25) is 0 Å². The number of rotatable bonds is 2. The molecule has 0 radical (unpaired) electrons. The molecule has 0 spiro atoms. The summed E-state index contributed by atoms with van der Waals surface area (Å²) in [4.78, 5) is 8.12. The number of nitrogens with two attached hydrogens (primary N) is 1. The second-order valence-electron chi connectivity index (χ2n) is 5.36. The minimum Gasteiger partial charge on any atom is -0.394 e. The van der Waals surface area contributed by atoms with Gasteiger partial charge in [0.15, 0.2) is 0 Å². The average Bonchev–Trinajstić information content (AvgIpc) is 2.92. The van der Waals surface area contributed by atoms with Crippen LogP contribution in [0.3, 0.4) is 0 Å². The second kappa shape index (κ2) is 4.49. The molecule has 4 atom stereocenters. The summed E-state index contributed by atoms with van der Waals surface area (Å²) in [5, 5.41) is 31.1. The minimum absolute atomic E-state index is 0.358. The molecule has 5 N–H and O–H groups in total. The van der Waals surface area contributed by atoms with Gasteiger partial charge in [0, 0.05) is 5.22 Å². The third kappa shape index (κ3) is 1.75. The van der Waals surface area contributed by atoms with E-state index in [1.807, 2.05) is 6.08 Å². The van der Waals surface area contributed by atoms with Crippen LogP contribution < -0.4 is 16.3 Å². The van der Waals surface area contributed by atoms with Crippen molar-refractivity contribution in [3.63, 3.8) is 0 Å². The third-order valence-corrected chi connectivity index (χ3v) is 4.03. The van der Waals surface area contributed by atoms with Crippen molar-refractivity contribution < 1.29 is 20.1 Å². The summed E-state index contributed by atoms with van der Waals surface area (Å²) in [6.07, 6.45) is 1.04. The van der Waals surface area contributed by atoms with E-state index in [1.54, 1.807) is 0 Å². The highest BCUT2D eigenvalue weighted by atomic mass is 16.6. The van der Waals surface area contributed by atoms with Gasteiger partial charge in [0.05, 0.1) is 12.0 Å². The van der Waals surface area contributed by atoms with Gasteiger partial charge in [0.25, 0.3) is 0 Å². The summed E-state index contributed by atoms with van der Waals surface area (Å²) >= 11 is 0. The number of aromatic nitrogens is 2. The molecule has 1 aromatic rings. The van der Waals surface area contributed by atoms with Gasteiger partial charge in [-0.05, 0) is 18.9 Å². The Hall–Kier alpha value is -1.54. The zero-order valence-corrected chi connectivity index (χ0v) is 11.0. The fraction of sp³-hybridized carbons (Fsp3) is 0.538. The number of ether oxygens (including phenoxy) is 1. The third-order valence-electron chi connectivity index (χ3n) is 4.03. The van der Waals surface area contributed by atoms with E-state index in [2.05, 4.69) is 9.97 Å². The number of aliphatic hydroxyl groups is 3. The lowest BCUT2D eigenvalue weighted by Crippen LogP contribution is -2.47. The van der Waals surface area contributed by atoms with Crippen LogP contribution in [0.1, 0.15) is 13.3 Å². The number of nitrogens with zero attached hydrogens (tertiary/aromatic N) is 2. The maximum atomic E-state index is 10.5. The van der Waals surface area contributed by atoms with E-state index in [4.69, 9.17) is 10.5 Å². The van der Waals surface area contributed by atoms with Crippen molar-refractivity contribution in [3.05, 3.63) is 16.9 Å². The number of anilines is 1. The Labute approximate surface area is 115 Å². The predicted molar refractivity (Wildman–Crippen MR) is 70.6 cm³/mol. The van der Waals surface area contributed by atoms with Crippen LogP contribution in [0.2, 0.25) is 0 Å². The van der Waals surface area contributed by atoms with E-state index in [-0.39, 0.29) is 6.61 Å². The first-order valence-electron chi connectivity index (χ1n) is 6.43. The first-order chi connectivity index (χ1) is 9.46. The van der Waals surface area contributed by atoms with Gasteiger partial charge in [-0.15, -0.1) is 0 Å². The molecule has 4 unspecified atom stereocenters. The average molecular weight is 279 g/mol. The molecule has 2 heterocycles. The van der Waals surface area contributed by atoms with Crippen molar-refractivity contribution in [2.45, 2.75) is 37.3 Å². The Balaban J connectivity index is 2.12. The largest absolute Gasteiger partial charge is 0.394 e. The fourth-order valence-electron chi connectivity index (χ4n) is 2.90. The molecular weight excluding hydrogens is 262 g/mol. The van der Waals surface area contributed by atoms with Gasteiger partial charge in [-0.25, -0.2) is 9.97 Å². The van der Waals surface area contributed by atoms with Gasteiger partial charge < -0.3 is 25.8 Å². The molecule has 7 heteroatoms. The number of nitrogen functional groups attached to an aromatic ring is 1. The Bertz CT molecular complexity index is 658. The molecule has 1 fully saturated rings. The van der Waals surface area contributed by atoms with E-state index >= 15 is 0 Å². The monoisotopic (exact) mass is 279 g/mol. The van der Waals surface area contributed by atoms with Crippen LogP contribution in [0.5, 0.6) is 0 Å². The molecule has 7 nitrogen and oxygen atoms in total. The number of fused-ring (bicyclic) bond motifs is 1. The highest BCUT2D eigenvalue weighted by molar-refractivity contribution is 5.65. The normalized spacial score (nSPS) is 36.0. The SMILES string of the molecule is CC1(O)C(C2=c3ncnc(N)c3=CC2)OC(CO)C1O. The second-order valence-corrected chi connectivity index (χ2v) is 5.36. The van der Waals surface area contributed by atoms with Gasteiger partial charge in [-0.3, -0.25) is 0 Å². The maximum absolute atomic E-state index is 10.5. The lowest BCUT2D eigenvalue weighted by molar-refractivity contribution is -0.0498. The fourth-order valence-corrected chi connectivity index (χ4v) is 2.90. The van der Waals surface area contributed by atoms with Crippen molar-refractivity contribution in [2.75, 3.05) is 12.3 Å². The topological polar surface area (TPSA) is 122 Å². The zero-order chi connectivity index (χ0) is 14.5. The summed E-state index contributed by atoms with van der Waals surface area (Å²) in [7, 11) is 0. The maximum Gasteiger partial charge on any atom is 0.134 e. The Morgan fingerprint density at radius 2 is 2.25 bits per heavy atom. The molecule has 3 rings (SSSR count). The molecule has 1 aliphatic carbocycles. The van der Waals surface area contributed by atoms with Crippen LogP contribution >= 0.6 is 0 Å². The van der Waals surface area contributed by atoms with E-state index in [0.29, 0.717) is 17.6 Å². The standard InChI is InChI=1S/C13H17N3O4/c1-13(19)10(18)8(4-17)20-11(13)6-2-3-7-9(6)15-5-16-12(7)14/h3,5,8,10-11,17-19H,2,4H2,1H3,(H2,14,15,16). The summed E-state index contributed by atoms with van der Waals surface area (Å²) in [6.45, 7) is 1.14. The van der Waals surface area contributed by atoms with Gasteiger partial charge >= 0.3 is 0 Å². The molecule has 1 saturated heterocycles. The zero-order valence-electron chi connectivity index (χ0n) is 11.0. The molecule has 108 valence electrons. The van der Waals surface area contributed by atoms with Crippen molar-refractivity contribution in [1.29, 1.82) is 0 Å². The Morgan fingerprint density at radius 3 is 2.90 bits per heavy atom. The highest BCUT2D eigenvalue weighted by Gasteiger charge is 2.53. The predicted octanol–water partition coefficient (Wildman–Crippen LogP) is -2.73. The minimum atomic E-state index is -1.49. The van der Waals surface area contributed by atoms with Crippen LogP contribution in [-0.2, 0) is 4.74 Å². The Morgan fingerprint density at radius 1 is 1.50 bits per heavy atom. The van der Waals surface area contributed by atoms with E-state index in [1.165, 1.54) is 13.3 Å². The molecule has 0 amide bonds. The molecule has 2 aliphatic rings. The summed E-state index contributed by atoms with van der Waals surface area (Å²) in [5.41, 5.74) is 5.05. The molecule has 0 bridgehead atoms. The smallest absolute Gasteiger partial charge is 0.134 e. The number of hydrogen-bond acceptors (Lipinski definition) is 7. The number of hydrogen-bond donors (Lipinski definition) is 4. The molecular formula is C13H17N3O4. The summed E-state index contributed by atoms with van der Waals surface area (Å²) < 4.78 is 5.61. The van der Waals surface area contributed by atoms with E-state index in [9.17, 15) is 15.3 Å². The van der Waals surface area contributed by atoms with Crippen molar-refractivity contribution in [3.8, 4) is 0 Å². The van der Waals surface area contributed by atoms with Crippen LogP contribution in [0, 0.1) is 0 Å². The van der Waals surface area contributed by atoms with E-state index < -0.39 is 23.9 Å². The first-order valence-corrected chi connectivity index (χ1v) is 6.43. The lowest BCUT2D eigenvalue weighted by atomic mass is 9.88. The summed E-state index contributed by atoms with van der Waals surface area (Å²) in [5.74, 6) is 0.377. The van der Waals surface area contributed by atoms with Gasteiger partial charge in [-0.2, -0.15) is 0 Å². The quantitative estimate of drug-likeness (QED) is 0.463. The van der Waals surface area contributed by atoms with E-state index in [0.717, 1.165) is 10.8 Å². The van der Waals surface area contributed by atoms with Crippen molar-refractivity contribution in [2.24, 2.45) is 0 Å². The molecule has 1 aromatic heterocycles. The molecule has 1 aliphatic heterocycles. The van der Waals surface area contributed by atoms with Crippen molar-refractivity contribution >= 4 is 17.5 Å². The van der Waals surface area contributed by atoms with Crippen LogP contribution in [0.15, 0.2) is 6.33 Å². The lowest BCUT2D eigenvalue weighted by Gasteiger charge is -2.27. The van der Waals surface area contributed by atoms with Crippen LogP contribution in [0.25, 0.3) is 11.6 Å². The molecule has 0 saturated carbocycles.